The molecule has 27 heavy (non-hydrogen) atoms. The van der Waals surface area contributed by atoms with E-state index in [9.17, 15) is 4.79 Å². The normalized spacial score (nSPS) is 17.0. The topological polar surface area (TPSA) is 54.9 Å². The van der Waals surface area contributed by atoms with E-state index in [0.29, 0.717) is 26.3 Å². The average Bonchev–Trinajstić information content (AvgIpc) is 3.10. The third kappa shape index (κ3) is 3.41. The number of rotatable bonds is 3. The molecule has 1 amide bonds. The van der Waals surface area contributed by atoms with Crippen molar-refractivity contribution in [2.45, 2.75) is 26.8 Å². The van der Waals surface area contributed by atoms with Crippen molar-refractivity contribution < 1.29 is 14.3 Å². The SMILES string of the molecule is COc1ccc2c(c1C)CCN(c1nc(C)c(C(=O)N3CCOCC3)s1)C2. The summed E-state index contributed by atoms with van der Waals surface area (Å²) in [6.45, 7) is 8.32. The van der Waals surface area contributed by atoms with Crippen molar-refractivity contribution in [3.8, 4) is 5.75 Å². The second kappa shape index (κ2) is 7.48. The second-order valence-electron chi connectivity index (χ2n) is 7.02. The van der Waals surface area contributed by atoms with E-state index in [1.807, 2.05) is 17.9 Å². The van der Waals surface area contributed by atoms with Crippen molar-refractivity contribution in [3.63, 3.8) is 0 Å². The highest BCUT2D eigenvalue weighted by Crippen LogP contribution is 2.34. The molecule has 0 saturated carbocycles. The fourth-order valence-electron chi connectivity index (χ4n) is 3.83. The van der Waals surface area contributed by atoms with Gasteiger partial charge in [0.25, 0.3) is 5.91 Å². The predicted octanol–water partition coefficient (Wildman–Crippen LogP) is 2.80. The van der Waals surface area contributed by atoms with Gasteiger partial charge in [-0.05, 0) is 43.0 Å². The van der Waals surface area contributed by atoms with Crippen molar-refractivity contribution in [2.24, 2.45) is 0 Å². The maximum Gasteiger partial charge on any atom is 0.266 e. The van der Waals surface area contributed by atoms with E-state index in [4.69, 9.17) is 14.5 Å². The Morgan fingerprint density at radius 2 is 2.00 bits per heavy atom. The molecule has 0 unspecified atom stereocenters. The van der Waals surface area contributed by atoms with Crippen LogP contribution in [0, 0.1) is 13.8 Å². The van der Waals surface area contributed by atoms with Crippen LogP contribution in [0.4, 0.5) is 5.13 Å². The number of methoxy groups -OCH3 is 1. The fourth-order valence-corrected chi connectivity index (χ4v) is 4.89. The number of hydrogen-bond acceptors (Lipinski definition) is 6. The van der Waals surface area contributed by atoms with Crippen LogP contribution in [0.2, 0.25) is 0 Å². The van der Waals surface area contributed by atoms with E-state index in [1.54, 1.807) is 7.11 Å². The van der Waals surface area contributed by atoms with Gasteiger partial charge in [-0.1, -0.05) is 17.4 Å². The van der Waals surface area contributed by atoms with Crippen LogP contribution in [-0.4, -0.2) is 55.7 Å². The molecular formula is C20H25N3O3S. The Morgan fingerprint density at radius 3 is 2.74 bits per heavy atom. The van der Waals surface area contributed by atoms with Gasteiger partial charge in [0.1, 0.15) is 10.6 Å². The first-order valence-corrected chi connectivity index (χ1v) is 10.1. The molecule has 3 heterocycles. The summed E-state index contributed by atoms with van der Waals surface area (Å²) in [5.74, 6) is 1.03. The number of benzene rings is 1. The first kappa shape index (κ1) is 18.3. The molecule has 6 nitrogen and oxygen atoms in total. The van der Waals surface area contributed by atoms with E-state index in [2.05, 4.69) is 17.9 Å². The number of anilines is 1. The van der Waals surface area contributed by atoms with Crippen LogP contribution >= 0.6 is 11.3 Å². The summed E-state index contributed by atoms with van der Waals surface area (Å²) in [5, 5.41) is 0.934. The van der Waals surface area contributed by atoms with E-state index >= 15 is 0 Å². The summed E-state index contributed by atoms with van der Waals surface area (Å²) in [6.07, 6.45) is 0.962. The van der Waals surface area contributed by atoms with Crippen molar-refractivity contribution in [2.75, 3.05) is 44.9 Å². The zero-order chi connectivity index (χ0) is 19.0. The maximum absolute atomic E-state index is 12.8. The smallest absolute Gasteiger partial charge is 0.266 e. The predicted molar refractivity (Wildman–Crippen MR) is 106 cm³/mol. The molecule has 0 radical (unpaired) electrons. The Labute approximate surface area is 163 Å². The van der Waals surface area contributed by atoms with Gasteiger partial charge in [0.15, 0.2) is 5.13 Å². The second-order valence-corrected chi connectivity index (χ2v) is 8.00. The van der Waals surface area contributed by atoms with Crippen LogP contribution in [0.5, 0.6) is 5.75 Å². The summed E-state index contributed by atoms with van der Waals surface area (Å²) in [7, 11) is 1.72. The van der Waals surface area contributed by atoms with Gasteiger partial charge in [0.2, 0.25) is 0 Å². The van der Waals surface area contributed by atoms with Crippen LogP contribution < -0.4 is 9.64 Å². The van der Waals surface area contributed by atoms with E-state index in [-0.39, 0.29) is 5.91 Å². The third-order valence-corrected chi connectivity index (χ3v) is 6.61. The van der Waals surface area contributed by atoms with E-state index in [0.717, 1.165) is 41.0 Å². The Kier molecular flexibility index (Phi) is 5.06. The van der Waals surface area contributed by atoms with Gasteiger partial charge in [-0.25, -0.2) is 4.98 Å². The lowest BCUT2D eigenvalue weighted by Crippen LogP contribution is -2.40. The number of amides is 1. The Hall–Kier alpha value is -2.12. The quantitative estimate of drug-likeness (QED) is 0.811. The van der Waals surface area contributed by atoms with Gasteiger partial charge in [-0.15, -0.1) is 0 Å². The minimum absolute atomic E-state index is 0.0811. The molecule has 2 aliphatic heterocycles. The van der Waals surface area contributed by atoms with Crippen molar-refractivity contribution in [3.05, 3.63) is 39.4 Å². The molecule has 4 rings (SSSR count). The van der Waals surface area contributed by atoms with Crippen LogP contribution in [0.25, 0.3) is 0 Å². The maximum atomic E-state index is 12.8. The molecule has 144 valence electrons. The molecule has 1 fully saturated rings. The lowest BCUT2D eigenvalue weighted by atomic mass is 9.95. The largest absolute Gasteiger partial charge is 0.496 e. The average molecular weight is 388 g/mol. The van der Waals surface area contributed by atoms with Crippen LogP contribution in [-0.2, 0) is 17.7 Å². The van der Waals surface area contributed by atoms with Crippen molar-refractivity contribution in [1.29, 1.82) is 0 Å². The number of hydrogen-bond donors (Lipinski definition) is 0. The highest BCUT2D eigenvalue weighted by molar-refractivity contribution is 7.17. The Bertz CT molecular complexity index is 858. The van der Waals surface area contributed by atoms with Gasteiger partial charge < -0.3 is 19.3 Å². The number of carbonyl (C=O) groups excluding carboxylic acids is 1. The first-order chi connectivity index (χ1) is 13.1. The summed E-state index contributed by atoms with van der Waals surface area (Å²) in [4.78, 5) is 22.5. The molecule has 0 aliphatic carbocycles. The molecule has 2 aliphatic rings. The monoisotopic (exact) mass is 387 g/mol. The van der Waals surface area contributed by atoms with Gasteiger partial charge in [-0.2, -0.15) is 0 Å². The van der Waals surface area contributed by atoms with Crippen molar-refractivity contribution in [1.82, 2.24) is 9.88 Å². The van der Waals surface area contributed by atoms with Gasteiger partial charge in [0, 0.05) is 26.2 Å². The summed E-state index contributed by atoms with van der Waals surface area (Å²) in [5.41, 5.74) is 4.74. The fraction of sp³-hybridized carbons (Fsp3) is 0.500. The van der Waals surface area contributed by atoms with E-state index < -0.39 is 0 Å². The van der Waals surface area contributed by atoms with Gasteiger partial charge in [0.05, 0.1) is 26.0 Å². The number of aromatic nitrogens is 1. The third-order valence-electron chi connectivity index (χ3n) is 5.41. The molecule has 1 saturated heterocycles. The molecule has 7 heteroatoms. The van der Waals surface area contributed by atoms with Crippen LogP contribution in [0.3, 0.4) is 0 Å². The standard InChI is InChI=1S/C20H25N3O3S/c1-13-16-6-7-23(12-15(16)4-5-17(13)25-3)20-21-14(2)18(27-20)19(24)22-8-10-26-11-9-22/h4-5H,6-12H2,1-3H3. The zero-order valence-corrected chi connectivity index (χ0v) is 16.9. The molecule has 0 bridgehead atoms. The molecular weight excluding hydrogens is 362 g/mol. The molecule has 0 atom stereocenters. The Morgan fingerprint density at radius 1 is 1.22 bits per heavy atom. The number of fused-ring (bicyclic) bond motifs is 1. The number of ether oxygens (including phenoxy) is 2. The number of aryl methyl sites for hydroxylation is 1. The highest BCUT2D eigenvalue weighted by atomic mass is 32.1. The number of morpholine rings is 1. The zero-order valence-electron chi connectivity index (χ0n) is 16.1. The molecule has 0 spiro atoms. The van der Waals surface area contributed by atoms with Crippen molar-refractivity contribution >= 4 is 22.4 Å². The molecule has 1 aromatic carbocycles. The highest BCUT2D eigenvalue weighted by Gasteiger charge is 2.26. The summed E-state index contributed by atoms with van der Waals surface area (Å²) in [6, 6.07) is 4.19. The molecule has 1 aromatic heterocycles. The van der Waals surface area contributed by atoms with E-state index in [1.165, 1.54) is 28.0 Å². The Balaban J connectivity index is 1.55. The number of nitrogens with zero attached hydrogens (tertiary/aromatic N) is 3. The van der Waals surface area contributed by atoms with Crippen LogP contribution in [0.1, 0.15) is 32.1 Å². The first-order valence-electron chi connectivity index (χ1n) is 9.33. The molecule has 0 N–H and O–H groups in total. The molecule has 2 aromatic rings. The number of thiazole rings is 1. The minimum Gasteiger partial charge on any atom is -0.496 e. The van der Waals surface area contributed by atoms with Crippen LogP contribution in [0.15, 0.2) is 12.1 Å². The van der Waals surface area contributed by atoms with Gasteiger partial charge in [-0.3, -0.25) is 4.79 Å². The number of carbonyl (C=O) groups is 1. The van der Waals surface area contributed by atoms with Gasteiger partial charge >= 0.3 is 0 Å². The minimum atomic E-state index is 0.0811. The summed E-state index contributed by atoms with van der Waals surface area (Å²) >= 11 is 1.51. The summed E-state index contributed by atoms with van der Waals surface area (Å²) < 4.78 is 10.8. The lowest BCUT2D eigenvalue weighted by Gasteiger charge is -2.30. The lowest BCUT2D eigenvalue weighted by molar-refractivity contribution is 0.0305.